The van der Waals surface area contributed by atoms with E-state index in [4.69, 9.17) is 9.94 Å². The summed E-state index contributed by atoms with van der Waals surface area (Å²) in [6.07, 6.45) is 3.15. The summed E-state index contributed by atoms with van der Waals surface area (Å²) in [6.45, 7) is 2.02. The predicted molar refractivity (Wildman–Crippen MR) is 69.9 cm³/mol. The second-order valence-electron chi connectivity index (χ2n) is 3.96. The summed E-state index contributed by atoms with van der Waals surface area (Å²) in [6, 6.07) is 10.2. The van der Waals surface area contributed by atoms with E-state index in [1.165, 1.54) is 5.56 Å². The molecule has 98 valence electrons. The number of nitrogens with zero attached hydrogens (tertiary/aromatic N) is 1. The molecule has 0 unspecified atom stereocenters. The van der Waals surface area contributed by atoms with Crippen molar-refractivity contribution in [3.63, 3.8) is 0 Å². The van der Waals surface area contributed by atoms with E-state index >= 15 is 0 Å². The van der Waals surface area contributed by atoms with E-state index in [0.717, 1.165) is 19.3 Å². The lowest BCUT2D eigenvalue weighted by Gasteiger charge is -2.04. The van der Waals surface area contributed by atoms with Crippen LogP contribution < -0.4 is 0 Å². The van der Waals surface area contributed by atoms with E-state index in [9.17, 15) is 4.79 Å². The van der Waals surface area contributed by atoms with Gasteiger partial charge in [0.25, 0.3) is 0 Å². The van der Waals surface area contributed by atoms with E-state index in [2.05, 4.69) is 17.3 Å². The zero-order valence-electron chi connectivity index (χ0n) is 10.6. The minimum atomic E-state index is -0.528. The smallest absolute Gasteiger partial charge is 0.356 e. The number of aryl methyl sites for hydroxylation is 1. The normalized spacial score (nSPS) is 11.3. The molecule has 4 heteroatoms. The third-order valence-electron chi connectivity index (χ3n) is 2.60. The van der Waals surface area contributed by atoms with Crippen LogP contribution in [0.3, 0.4) is 0 Å². The molecule has 1 rings (SSSR count). The van der Waals surface area contributed by atoms with Crippen LogP contribution in [-0.4, -0.2) is 23.5 Å². The van der Waals surface area contributed by atoms with Gasteiger partial charge in [0.2, 0.25) is 0 Å². The number of hydrogen-bond acceptors (Lipinski definition) is 4. The molecule has 0 amide bonds. The summed E-state index contributed by atoms with van der Waals surface area (Å²) < 4.78 is 4.78. The van der Waals surface area contributed by atoms with Gasteiger partial charge in [0.15, 0.2) is 5.71 Å². The Morgan fingerprint density at radius 2 is 2.00 bits per heavy atom. The summed E-state index contributed by atoms with van der Waals surface area (Å²) in [5, 5.41) is 11.7. The SMILES string of the molecule is CCOC(=O)/C(CCCCc1ccccc1)=N/O. The number of carbonyl (C=O) groups excluding carboxylic acids is 1. The first-order valence-electron chi connectivity index (χ1n) is 6.20. The van der Waals surface area contributed by atoms with Crippen molar-refractivity contribution < 1.29 is 14.7 Å². The third-order valence-corrected chi connectivity index (χ3v) is 2.60. The van der Waals surface area contributed by atoms with Crippen molar-refractivity contribution in [1.29, 1.82) is 0 Å². The van der Waals surface area contributed by atoms with Gasteiger partial charge in [-0.2, -0.15) is 0 Å². The number of rotatable bonds is 7. The fourth-order valence-corrected chi connectivity index (χ4v) is 1.67. The molecule has 0 spiro atoms. The summed E-state index contributed by atoms with van der Waals surface area (Å²) in [5.74, 6) is -0.528. The number of oxime groups is 1. The molecule has 0 bridgehead atoms. The molecule has 0 aromatic heterocycles. The third kappa shape index (κ3) is 4.99. The second kappa shape index (κ2) is 8.28. The van der Waals surface area contributed by atoms with Gasteiger partial charge in [-0.3, -0.25) is 0 Å². The fraction of sp³-hybridized carbons (Fsp3) is 0.429. The van der Waals surface area contributed by atoms with Crippen molar-refractivity contribution in [3.05, 3.63) is 35.9 Å². The Morgan fingerprint density at radius 3 is 2.61 bits per heavy atom. The van der Waals surface area contributed by atoms with Crippen molar-refractivity contribution in [2.45, 2.75) is 32.6 Å². The van der Waals surface area contributed by atoms with Crippen molar-refractivity contribution in [2.24, 2.45) is 5.16 Å². The molecule has 0 fully saturated rings. The lowest BCUT2D eigenvalue weighted by atomic mass is 10.1. The van der Waals surface area contributed by atoms with E-state index in [1.54, 1.807) is 6.92 Å². The Balaban J connectivity index is 2.26. The van der Waals surface area contributed by atoms with Gasteiger partial charge in [-0.15, -0.1) is 0 Å². The largest absolute Gasteiger partial charge is 0.461 e. The Morgan fingerprint density at radius 1 is 1.28 bits per heavy atom. The quantitative estimate of drug-likeness (QED) is 0.266. The zero-order chi connectivity index (χ0) is 13.2. The zero-order valence-corrected chi connectivity index (χ0v) is 10.6. The van der Waals surface area contributed by atoms with E-state index in [1.807, 2.05) is 18.2 Å². The molecule has 0 aliphatic heterocycles. The van der Waals surface area contributed by atoms with Crippen LogP contribution in [-0.2, 0) is 16.0 Å². The number of esters is 1. The standard InChI is InChI=1S/C14H19NO3/c1-2-18-14(16)13(15-17)11-7-6-10-12-8-4-3-5-9-12/h3-5,8-9,17H,2,6-7,10-11H2,1H3/b15-13+. The average Bonchev–Trinajstić information content (AvgIpc) is 2.40. The van der Waals surface area contributed by atoms with Crippen LogP contribution in [0.2, 0.25) is 0 Å². The van der Waals surface area contributed by atoms with Crippen LogP contribution >= 0.6 is 0 Å². The molecule has 0 aliphatic carbocycles. The van der Waals surface area contributed by atoms with Crippen LogP contribution in [0.25, 0.3) is 0 Å². The summed E-state index contributed by atoms with van der Waals surface area (Å²) in [4.78, 5) is 11.3. The van der Waals surface area contributed by atoms with Gasteiger partial charge < -0.3 is 9.94 Å². The molecule has 0 heterocycles. The van der Waals surface area contributed by atoms with Gasteiger partial charge in [-0.25, -0.2) is 4.79 Å². The first-order chi connectivity index (χ1) is 8.77. The topological polar surface area (TPSA) is 58.9 Å². The van der Waals surface area contributed by atoms with Crippen LogP contribution in [0.1, 0.15) is 31.7 Å². The van der Waals surface area contributed by atoms with Crippen molar-refractivity contribution in [3.8, 4) is 0 Å². The highest BCUT2D eigenvalue weighted by atomic mass is 16.5. The first kappa shape index (κ1) is 14.2. The van der Waals surface area contributed by atoms with Crippen molar-refractivity contribution >= 4 is 11.7 Å². The predicted octanol–water partition coefficient (Wildman–Crippen LogP) is 2.79. The molecule has 1 aromatic rings. The Labute approximate surface area is 107 Å². The van der Waals surface area contributed by atoms with E-state index < -0.39 is 5.97 Å². The van der Waals surface area contributed by atoms with E-state index in [-0.39, 0.29) is 5.71 Å². The molecule has 1 N–H and O–H groups in total. The summed E-state index contributed by atoms with van der Waals surface area (Å²) in [7, 11) is 0. The highest BCUT2D eigenvalue weighted by Gasteiger charge is 2.12. The first-order valence-corrected chi connectivity index (χ1v) is 6.20. The number of ether oxygens (including phenoxy) is 1. The lowest BCUT2D eigenvalue weighted by Crippen LogP contribution is -2.17. The molecule has 0 atom stereocenters. The van der Waals surface area contributed by atoms with Crippen LogP contribution in [0.4, 0.5) is 0 Å². The van der Waals surface area contributed by atoms with Crippen molar-refractivity contribution in [2.75, 3.05) is 6.61 Å². The number of carbonyl (C=O) groups is 1. The second-order valence-corrected chi connectivity index (χ2v) is 3.96. The maximum Gasteiger partial charge on any atom is 0.356 e. The lowest BCUT2D eigenvalue weighted by molar-refractivity contribution is -0.135. The highest BCUT2D eigenvalue weighted by molar-refractivity contribution is 6.36. The van der Waals surface area contributed by atoms with E-state index in [0.29, 0.717) is 13.0 Å². The molecule has 1 aromatic carbocycles. The number of benzene rings is 1. The van der Waals surface area contributed by atoms with Gasteiger partial charge in [-0.05, 0) is 31.7 Å². The number of unbranched alkanes of at least 4 members (excludes halogenated alkanes) is 1. The van der Waals surface area contributed by atoms with Gasteiger partial charge in [0, 0.05) is 6.42 Å². The molecular formula is C14H19NO3. The van der Waals surface area contributed by atoms with Crippen LogP contribution in [0, 0.1) is 0 Å². The summed E-state index contributed by atoms with van der Waals surface area (Å²) in [5.41, 5.74) is 1.38. The van der Waals surface area contributed by atoms with Gasteiger partial charge in [0.1, 0.15) is 0 Å². The van der Waals surface area contributed by atoms with Crippen LogP contribution in [0.5, 0.6) is 0 Å². The highest BCUT2D eigenvalue weighted by Crippen LogP contribution is 2.07. The van der Waals surface area contributed by atoms with Crippen LogP contribution in [0.15, 0.2) is 35.5 Å². The minimum Gasteiger partial charge on any atom is -0.461 e. The molecule has 0 saturated heterocycles. The van der Waals surface area contributed by atoms with Gasteiger partial charge in [0.05, 0.1) is 6.61 Å². The number of hydrogen-bond donors (Lipinski definition) is 1. The molecular weight excluding hydrogens is 230 g/mol. The Kier molecular flexibility index (Phi) is 6.54. The molecule has 0 radical (unpaired) electrons. The maximum absolute atomic E-state index is 11.3. The molecule has 4 nitrogen and oxygen atoms in total. The Hall–Kier alpha value is -1.84. The molecule has 0 aliphatic rings. The fourth-order valence-electron chi connectivity index (χ4n) is 1.67. The average molecular weight is 249 g/mol. The van der Waals surface area contributed by atoms with Gasteiger partial charge >= 0.3 is 5.97 Å². The molecule has 0 saturated carbocycles. The monoisotopic (exact) mass is 249 g/mol. The maximum atomic E-state index is 11.3. The Bertz CT molecular complexity index is 387. The molecule has 18 heavy (non-hydrogen) atoms. The van der Waals surface area contributed by atoms with Gasteiger partial charge in [-0.1, -0.05) is 35.5 Å². The van der Waals surface area contributed by atoms with Crippen molar-refractivity contribution in [1.82, 2.24) is 0 Å². The summed E-state index contributed by atoms with van der Waals surface area (Å²) >= 11 is 0. The minimum absolute atomic E-state index is 0.102.